The second-order valence-electron chi connectivity index (χ2n) is 7.41. The van der Waals surface area contributed by atoms with Crippen LogP contribution in [-0.2, 0) is 11.2 Å². The second-order valence-corrected chi connectivity index (χ2v) is 7.41. The van der Waals surface area contributed by atoms with Crippen LogP contribution in [0.25, 0.3) is 0 Å². The fourth-order valence-corrected chi connectivity index (χ4v) is 3.03. The van der Waals surface area contributed by atoms with Crippen LogP contribution in [0.2, 0.25) is 0 Å². The molecule has 0 aliphatic heterocycles. The Balaban J connectivity index is 0.000000439. The van der Waals surface area contributed by atoms with Crippen molar-refractivity contribution < 1.29 is 14.3 Å². The Bertz CT molecular complexity index is 1010. The second kappa shape index (κ2) is 13.8. The lowest BCUT2D eigenvalue weighted by atomic mass is 9.98. The summed E-state index contributed by atoms with van der Waals surface area (Å²) in [5.41, 5.74) is 2.45. The molecule has 0 amide bonds. The van der Waals surface area contributed by atoms with E-state index < -0.39 is 5.97 Å². The van der Waals surface area contributed by atoms with E-state index in [1.54, 1.807) is 36.5 Å². The highest BCUT2D eigenvalue weighted by Gasteiger charge is 2.07. The molecule has 3 aromatic rings. The minimum Gasteiger partial charge on any atom is -0.481 e. The smallest absolute Gasteiger partial charge is 0.307 e. The van der Waals surface area contributed by atoms with Gasteiger partial charge in [0.05, 0.1) is 6.42 Å². The number of hydrogen-bond donors (Lipinski definition) is 4. The Morgan fingerprint density at radius 1 is 1.06 bits per heavy atom. The molecule has 0 fully saturated rings. The number of benzene rings is 2. The molecule has 7 heteroatoms. The maximum Gasteiger partial charge on any atom is 0.307 e. The first-order chi connectivity index (χ1) is 15.5. The van der Waals surface area contributed by atoms with E-state index in [1.807, 2.05) is 24.3 Å². The van der Waals surface area contributed by atoms with Crippen molar-refractivity contribution in [2.45, 2.75) is 25.7 Å². The molecule has 170 valence electrons. The number of anilines is 1. The van der Waals surface area contributed by atoms with E-state index in [1.165, 1.54) is 12.1 Å². The molecule has 0 saturated carbocycles. The van der Waals surface area contributed by atoms with E-state index in [0.29, 0.717) is 11.6 Å². The summed E-state index contributed by atoms with van der Waals surface area (Å²) in [5, 5.41) is 15.4. The van der Waals surface area contributed by atoms with E-state index in [2.05, 4.69) is 22.5 Å². The lowest BCUT2D eigenvalue weighted by Crippen LogP contribution is -2.23. The van der Waals surface area contributed by atoms with Gasteiger partial charge in [0.15, 0.2) is 0 Å². The molecular formula is C25H30FN3O3. The van der Waals surface area contributed by atoms with Crippen LogP contribution in [0.3, 0.4) is 0 Å². The van der Waals surface area contributed by atoms with Gasteiger partial charge in [-0.1, -0.05) is 49.4 Å². The highest BCUT2D eigenvalue weighted by molar-refractivity contribution is 5.70. The summed E-state index contributed by atoms with van der Waals surface area (Å²) in [6.07, 6.45) is 2.57. The Kier molecular flexibility index (Phi) is 10.7. The molecule has 4 N–H and O–H groups in total. The van der Waals surface area contributed by atoms with Gasteiger partial charge in [0.1, 0.15) is 11.5 Å². The van der Waals surface area contributed by atoms with Gasteiger partial charge in [-0.15, -0.1) is 0 Å². The van der Waals surface area contributed by atoms with Crippen LogP contribution >= 0.6 is 0 Å². The molecule has 32 heavy (non-hydrogen) atoms. The van der Waals surface area contributed by atoms with Crippen molar-refractivity contribution >= 4 is 11.7 Å². The summed E-state index contributed by atoms with van der Waals surface area (Å²) in [7, 11) is 0. The topological polar surface area (TPSA) is 94.2 Å². The van der Waals surface area contributed by atoms with Crippen LogP contribution in [0.5, 0.6) is 0 Å². The van der Waals surface area contributed by atoms with Gasteiger partial charge in [0.25, 0.3) is 5.56 Å². The average molecular weight is 440 g/mol. The molecule has 1 atom stereocenters. The molecule has 0 aliphatic rings. The first-order valence-electron chi connectivity index (χ1n) is 10.6. The Labute approximate surface area is 187 Å². The molecule has 0 saturated heterocycles. The van der Waals surface area contributed by atoms with Crippen LogP contribution in [0, 0.1) is 5.82 Å². The van der Waals surface area contributed by atoms with Gasteiger partial charge in [-0.3, -0.25) is 9.59 Å². The third-order valence-electron chi connectivity index (χ3n) is 4.72. The summed E-state index contributed by atoms with van der Waals surface area (Å²) in [6.45, 7) is 4.51. The van der Waals surface area contributed by atoms with Gasteiger partial charge in [-0.2, -0.15) is 0 Å². The third kappa shape index (κ3) is 9.57. The van der Waals surface area contributed by atoms with Gasteiger partial charge in [0, 0.05) is 19.3 Å². The van der Waals surface area contributed by atoms with Crippen molar-refractivity contribution in [3.05, 3.63) is 100 Å². The summed E-state index contributed by atoms with van der Waals surface area (Å²) in [6, 6.07) is 19.2. The first kappa shape index (κ1) is 24.8. The number of pyridine rings is 1. The zero-order valence-electron chi connectivity index (χ0n) is 18.2. The fourth-order valence-electron chi connectivity index (χ4n) is 3.03. The Morgan fingerprint density at radius 2 is 1.84 bits per heavy atom. The van der Waals surface area contributed by atoms with Gasteiger partial charge in [-0.05, 0) is 54.3 Å². The predicted octanol–water partition coefficient (Wildman–Crippen LogP) is 4.02. The van der Waals surface area contributed by atoms with Crippen molar-refractivity contribution in [1.29, 1.82) is 0 Å². The number of halogens is 1. The lowest BCUT2D eigenvalue weighted by molar-refractivity contribution is -0.136. The highest BCUT2D eigenvalue weighted by atomic mass is 19.1. The first-order valence-corrected chi connectivity index (χ1v) is 10.6. The Morgan fingerprint density at radius 3 is 2.50 bits per heavy atom. The van der Waals surface area contributed by atoms with E-state index in [4.69, 9.17) is 5.11 Å². The summed E-state index contributed by atoms with van der Waals surface area (Å²) in [4.78, 5) is 24.9. The Hall–Kier alpha value is -3.45. The monoisotopic (exact) mass is 439 g/mol. The minimum atomic E-state index is -0.812. The van der Waals surface area contributed by atoms with Crippen LogP contribution < -0.4 is 16.2 Å². The number of H-pyrrole nitrogens is 1. The SMILES string of the molecule is CC(CNCCCNc1ccc[nH]c1=O)c1cccc(CC(=O)O)c1.Fc1ccccc1. The standard InChI is InChI=1S/C19H25N3O3.C6H5F/c1-14(16-6-2-5-15(11-16)12-18(23)24)13-20-8-4-10-21-17-7-3-9-22-19(17)25;7-6-4-2-1-3-5-6/h2-3,5-7,9,11,14,20-21H,4,8,10,12-13H2,1H3,(H,22,25)(H,23,24);1-5H. The third-order valence-corrected chi connectivity index (χ3v) is 4.72. The number of carbonyl (C=O) groups is 1. The molecule has 6 nitrogen and oxygen atoms in total. The van der Waals surface area contributed by atoms with Crippen molar-refractivity contribution in [2.24, 2.45) is 0 Å². The van der Waals surface area contributed by atoms with Crippen LogP contribution in [0.1, 0.15) is 30.4 Å². The fraction of sp³-hybridized carbons (Fsp3) is 0.280. The van der Waals surface area contributed by atoms with Crippen molar-refractivity contribution in [3.8, 4) is 0 Å². The predicted molar refractivity (Wildman–Crippen MR) is 126 cm³/mol. The number of aromatic amines is 1. The molecule has 1 heterocycles. The maximum atomic E-state index is 11.9. The number of carboxylic acids is 1. The van der Waals surface area contributed by atoms with E-state index in [-0.39, 0.29) is 17.8 Å². The number of aliphatic carboxylic acids is 1. The molecule has 0 bridgehead atoms. The zero-order valence-corrected chi connectivity index (χ0v) is 18.2. The highest BCUT2D eigenvalue weighted by Crippen LogP contribution is 2.16. The normalized spacial score (nSPS) is 11.2. The zero-order chi connectivity index (χ0) is 23.2. The molecule has 0 spiro atoms. The largest absolute Gasteiger partial charge is 0.481 e. The summed E-state index contributed by atoms with van der Waals surface area (Å²) < 4.78 is 11.9. The van der Waals surface area contributed by atoms with Gasteiger partial charge < -0.3 is 20.7 Å². The molecule has 0 aliphatic carbocycles. The molecule has 3 rings (SSSR count). The van der Waals surface area contributed by atoms with E-state index in [0.717, 1.165) is 37.2 Å². The summed E-state index contributed by atoms with van der Waals surface area (Å²) in [5.74, 6) is -0.686. The molecule has 1 aromatic heterocycles. The quantitative estimate of drug-likeness (QED) is 0.358. The number of aromatic nitrogens is 1. The number of hydrogen-bond acceptors (Lipinski definition) is 4. The number of nitrogens with one attached hydrogen (secondary N) is 3. The minimum absolute atomic E-state index is 0.0538. The molecule has 1 unspecified atom stereocenters. The van der Waals surface area contributed by atoms with Gasteiger partial charge in [0.2, 0.25) is 0 Å². The molecule has 2 aromatic carbocycles. The number of carboxylic acid groups (broad SMARTS) is 1. The van der Waals surface area contributed by atoms with Crippen molar-refractivity contribution in [1.82, 2.24) is 10.3 Å². The molecule has 0 radical (unpaired) electrons. The van der Waals surface area contributed by atoms with Crippen molar-refractivity contribution in [3.63, 3.8) is 0 Å². The van der Waals surface area contributed by atoms with E-state index in [9.17, 15) is 14.0 Å². The van der Waals surface area contributed by atoms with Crippen LogP contribution in [0.4, 0.5) is 10.1 Å². The molecular weight excluding hydrogens is 409 g/mol. The van der Waals surface area contributed by atoms with Gasteiger partial charge >= 0.3 is 5.97 Å². The van der Waals surface area contributed by atoms with Crippen LogP contribution in [0.15, 0.2) is 77.7 Å². The van der Waals surface area contributed by atoms with Gasteiger partial charge in [-0.25, -0.2) is 4.39 Å². The lowest BCUT2D eigenvalue weighted by Gasteiger charge is -2.14. The average Bonchev–Trinajstić information content (AvgIpc) is 2.78. The summed E-state index contributed by atoms with van der Waals surface area (Å²) >= 11 is 0. The maximum absolute atomic E-state index is 11.9. The van der Waals surface area contributed by atoms with Crippen LogP contribution in [-0.4, -0.2) is 35.7 Å². The number of rotatable bonds is 10. The van der Waals surface area contributed by atoms with Crippen molar-refractivity contribution in [2.75, 3.05) is 25.0 Å². The van der Waals surface area contributed by atoms with E-state index >= 15 is 0 Å².